The van der Waals surface area contributed by atoms with Crippen molar-refractivity contribution in [3.63, 3.8) is 0 Å². The molecule has 1 aliphatic rings. The van der Waals surface area contributed by atoms with Crippen molar-refractivity contribution < 1.29 is 0 Å². The van der Waals surface area contributed by atoms with Crippen LogP contribution in [0.25, 0.3) is 0 Å². The zero-order valence-corrected chi connectivity index (χ0v) is 16.2. The van der Waals surface area contributed by atoms with Crippen LogP contribution in [0.5, 0.6) is 0 Å². The van der Waals surface area contributed by atoms with Crippen molar-refractivity contribution >= 4 is 0 Å². The molecule has 1 fully saturated rings. The highest BCUT2D eigenvalue weighted by atomic mass is 14.2. The first-order valence-corrected chi connectivity index (χ1v) is 9.24. The van der Waals surface area contributed by atoms with Gasteiger partial charge in [-0.1, -0.05) is 79.5 Å². The van der Waals surface area contributed by atoms with Gasteiger partial charge in [0, 0.05) is 0 Å². The number of hydrogen-bond donors (Lipinski definition) is 0. The van der Waals surface area contributed by atoms with Crippen LogP contribution >= 0.6 is 0 Å². The third-order valence-electron chi connectivity index (χ3n) is 4.02. The van der Waals surface area contributed by atoms with Crippen molar-refractivity contribution in [2.45, 2.75) is 93.9 Å². The first-order valence-electron chi connectivity index (χ1n) is 9.24. The molecule has 0 aliphatic heterocycles. The molecular weight excluding hydrogens is 252 g/mol. The van der Waals surface area contributed by atoms with Gasteiger partial charge in [-0.05, 0) is 55.2 Å². The van der Waals surface area contributed by atoms with Gasteiger partial charge in [0.15, 0.2) is 0 Å². The number of aryl methyl sites for hydroxylation is 2. The lowest BCUT2D eigenvalue weighted by Crippen LogP contribution is -2.10. The SMILES string of the molecule is CC.CC.CC.Cc1ccc(C2CCC(C)CC2)cc1C. The van der Waals surface area contributed by atoms with Gasteiger partial charge in [0.1, 0.15) is 0 Å². The maximum absolute atomic E-state index is 2.40. The molecule has 1 aliphatic carbocycles. The lowest BCUT2D eigenvalue weighted by Gasteiger charge is -2.26. The molecule has 0 N–H and O–H groups in total. The quantitative estimate of drug-likeness (QED) is 0.498. The Hall–Kier alpha value is -0.780. The van der Waals surface area contributed by atoms with Gasteiger partial charge in [-0.3, -0.25) is 0 Å². The van der Waals surface area contributed by atoms with E-state index in [2.05, 4.69) is 39.0 Å². The summed E-state index contributed by atoms with van der Waals surface area (Å²) in [5.74, 6) is 1.79. The lowest BCUT2D eigenvalue weighted by molar-refractivity contribution is 0.348. The van der Waals surface area contributed by atoms with E-state index >= 15 is 0 Å². The smallest absolute Gasteiger partial charge is 0.0162 e. The van der Waals surface area contributed by atoms with Crippen LogP contribution in [-0.2, 0) is 0 Å². The number of benzene rings is 1. The van der Waals surface area contributed by atoms with Gasteiger partial charge >= 0.3 is 0 Å². The summed E-state index contributed by atoms with van der Waals surface area (Å²) in [6, 6.07) is 7.02. The minimum Gasteiger partial charge on any atom is -0.0683 e. The van der Waals surface area contributed by atoms with Crippen LogP contribution in [0, 0.1) is 19.8 Å². The summed E-state index contributed by atoms with van der Waals surface area (Å²) in [6.07, 6.45) is 5.61. The van der Waals surface area contributed by atoms with Crippen molar-refractivity contribution in [2.75, 3.05) is 0 Å². The van der Waals surface area contributed by atoms with E-state index in [1.165, 1.54) is 36.8 Å². The summed E-state index contributed by atoms with van der Waals surface area (Å²) in [5, 5.41) is 0. The van der Waals surface area contributed by atoms with E-state index in [-0.39, 0.29) is 0 Å². The molecule has 0 nitrogen and oxygen atoms in total. The predicted molar refractivity (Wildman–Crippen MR) is 100 cm³/mol. The Kier molecular flexibility index (Phi) is 15.2. The largest absolute Gasteiger partial charge is 0.0683 e. The van der Waals surface area contributed by atoms with E-state index in [1.54, 1.807) is 5.56 Å². The van der Waals surface area contributed by atoms with Crippen LogP contribution < -0.4 is 0 Å². The normalized spacial score (nSPS) is 19.9. The van der Waals surface area contributed by atoms with E-state index < -0.39 is 0 Å². The monoisotopic (exact) mass is 292 g/mol. The lowest BCUT2D eigenvalue weighted by atomic mass is 9.79. The summed E-state index contributed by atoms with van der Waals surface area (Å²) in [6.45, 7) is 18.8. The number of hydrogen-bond acceptors (Lipinski definition) is 0. The van der Waals surface area contributed by atoms with Crippen molar-refractivity contribution in [3.8, 4) is 0 Å². The molecule has 0 heterocycles. The van der Waals surface area contributed by atoms with Gasteiger partial charge in [0.05, 0.1) is 0 Å². The molecule has 1 saturated carbocycles. The van der Waals surface area contributed by atoms with Crippen molar-refractivity contribution in [1.82, 2.24) is 0 Å². The molecular formula is C21H40. The highest BCUT2D eigenvalue weighted by Crippen LogP contribution is 2.35. The topological polar surface area (TPSA) is 0 Å². The maximum Gasteiger partial charge on any atom is -0.0162 e. The Morgan fingerprint density at radius 2 is 1.19 bits per heavy atom. The second kappa shape index (κ2) is 14.2. The zero-order chi connectivity index (χ0) is 16.8. The Balaban J connectivity index is 0. The fraction of sp³-hybridized carbons (Fsp3) is 0.714. The molecule has 0 bridgehead atoms. The maximum atomic E-state index is 2.40. The minimum atomic E-state index is 0.834. The summed E-state index contributed by atoms with van der Waals surface area (Å²) in [7, 11) is 0. The molecule has 0 heteroatoms. The van der Waals surface area contributed by atoms with Crippen molar-refractivity contribution in [1.29, 1.82) is 0 Å². The Morgan fingerprint density at radius 3 is 1.62 bits per heavy atom. The molecule has 1 aromatic rings. The highest BCUT2D eigenvalue weighted by molar-refractivity contribution is 5.32. The fourth-order valence-corrected chi connectivity index (χ4v) is 2.61. The van der Waals surface area contributed by atoms with E-state index in [4.69, 9.17) is 0 Å². The van der Waals surface area contributed by atoms with Gasteiger partial charge in [0.25, 0.3) is 0 Å². The van der Waals surface area contributed by atoms with Gasteiger partial charge in [-0.15, -0.1) is 0 Å². The van der Waals surface area contributed by atoms with Crippen LogP contribution in [0.3, 0.4) is 0 Å². The van der Waals surface area contributed by atoms with E-state index in [0.717, 1.165) is 11.8 Å². The molecule has 0 atom stereocenters. The molecule has 0 saturated heterocycles. The predicted octanol–water partition coefficient (Wildman–Crippen LogP) is 7.68. The van der Waals surface area contributed by atoms with E-state index in [0.29, 0.717) is 0 Å². The second-order valence-electron chi connectivity index (χ2n) is 5.30. The average Bonchev–Trinajstić information content (AvgIpc) is 2.56. The fourth-order valence-electron chi connectivity index (χ4n) is 2.61. The second-order valence-corrected chi connectivity index (χ2v) is 5.30. The van der Waals surface area contributed by atoms with Crippen LogP contribution in [0.2, 0.25) is 0 Å². The molecule has 0 unspecified atom stereocenters. The van der Waals surface area contributed by atoms with Crippen molar-refractivity contribution in [3.05, 3.63) is 34.9 Å². The molecule has 1 aromatic carbocycles. The van der Waals surface area contributed by atoms with Gasteiger partial charge in [-0.2, -0.15) is 0 Å². The van der Waals surface area contributed by atoms with Gasteiger partial charge < -0.3 is 0 Å². The van der Waals surface area contributed by atoms with Gasteiger partial charge in [0.2, 0.25) is 0 Å². The first-order chi connectivity index (χ1) is 10.2. The van der Waals surface area contributed by atoms with Crippen molar-refractivity contribution in [2.24, 2.45) is 5.92 Å². The molecule has 0 amide bonds. The van der Waals surface area contributed by atoms with E-state index in [9.17, 15) is 0 Å². The molecule has 0 aromatic heterocycles. The minimum absolute atomic E-state index is 0.834. The zero-order valence-electron chi connectivity index (χ0n) is 16.2. The van der Waals surface area contributed by atoms with Crippen LogP contribution in [-0.4, -0.2) is 0 Å². The Labute approximate surface area is 135 Å². The van der Waals surface area contributed by atoms with Crippen LogP contribution in [0.1, 0.15) is 96.8 Å². The highest BCUT2D eigenvalue weighted by Gasteiger charge is 2.19. The third-order valence-corrected chi connectivity index (χ3v) is 4.02. The molecule has 124 valence electrons. The molecule has 2 rings (SSSR count). The molecule has 0 radical (unpaired) electrons. The van der Waals surface area contributed by atoms with Crippen LogP contribution in [0.4, 0.5) is 0 Å². The first kappa shape index (κ1) is 22.5. The summed E-state index contributed by atoms with van der Waals surface area (Å²) >= 11 is 0. The standard InChI is InChI=1S/C15H22.3C2H6/c1-11-4-7-14(8-5-11)15-9-6-12(2)13(3)10-15;3*1-2/h6,9-11,14H,4-5,7-8H2,1-3H3;3*1-2H3. The average molecular weight is 293 g/mol. The summed E-state index contributed by atoms with van der Waals surface area (Å²) in [4.78, 5) is 0. The summed E-state index contributed by atoms with van der Waals surface area (Å²) < 4.78 is 0. The van der Waals surface area contributed by atoms with Crippen LogP contribution in [0.15, 0.2) is 18.2 Å². The van der Waals surface area contributed by atoms with E-state index in [1.807, 2.05) is 41.5 Å². The third kappa shape index (κ3) is 8.29. The summed E-state index contributed by atoms with van der Waals surface area (Å²) in [5.41, 5.74) is 4.44. The Morgan fingerprint density at radius 1 is 0.714 bits per heavy atom. The Bertz CT molecular complexity index is 330. The van der Waals surface area contributed by atoms with Gasteiger partial charge in [-0.25, -0.2) is 0 Å². The molecule has 21 heavy (non-hydrogen) atoms. The molecule has 0 spiro atoms. The number of rotatable bonds is 1.